The Morgan fingerprint density at radius 2 is 2.25 bits per heavy atom. The molecule has 1 heterocycles. The number of nitrogens with zero attached hydrogens (tertiary/aromatic N) is 2. The maximum absolute atomic E-state index is 10.6. The van der Waals surface area contributed by atoms with Crippen LogP contribution in [0.3, 0.4) is 0 Å². The van der Waals surface area contributed by atoms with Gasteiger partial charge in [-0.3, -0.25) is 10.1 Å². The van der Waals surface area contributed by atoms with E-state index in [-0.39, 0.29) is 10.8 Å². The van der Waals surface area contributed by atoms with Gasteiger partial charge in [0.25, 0.3) is 5.69 Å². The van der Waals surface area contributed by atoms with Crippen molar-refractivity contribution in [3.05, 3.63) is 27.4 Å². The first-order valence-corrected chi connectivity index (χ1v) is 6.44. The van der Waals surface area contributed by atoms with E-state index in [9.17, 15) is 10.1 Å². The van der Waals surface area contributed by atoms with Gasteiger partial charge in [-0.25, -0.2) is 4.98 Å². The molecule has 0 fully saturated rings. The van der Waals surface area contributed by atoms with Crippen molar-refractivity contribution in [1.29, 1.82) is 0 Å². The molecule has 0 aliphatic rings. The van der Waals surface area contributed by atoms with Crippen molar-refractivity contribution in [2.45, 2.75) is 31.2 Å². The summed E-state index contributed by atoms with van der Waals surface area (Å²) >= 11 is 7.21. The zero-order chi connectivity index (χ0) is 12.0. The lowest BCUT2D eigenvalue weighted by atomic mass is 10.3. The van der Waals surface area contributed by atoms with E-state index in [1.807, 2.05) is 0 Å². The molecule has 0 N–H and O–H groups in total. The number of unbranched alkanes of at least 4 members (excludes halogenated alkanes) is 2. The Kier molecular flexibility index (Phi) is 5.55. The predicted octanol–water partition coefficient (Wildman–Crippen LogP) is 3.93. The molecule has 1 rings (SSSR count). The molecule has 0 saturated heterocycles. The fourth-order valence-corrected chi connectivity index (χ4v) is 2.35. The summed E-state index contributed by atoms with van der Waals surface area (Å²) in [5.74, 6) is 0.915. The van der Waals surface area contributed by atoms with Crippen molar-refractivity contribution in [2.75, 3.05) is 5.75 Å². The molecule has 0 bridgehead atoms. The van der Waals surface area contributed by atoms with Gasteiger partial charge in [0, 0.05) is 6.07 Å². The van der Waals surface area contributed by atoms with Crippen molar-refractivity contribution in [3.63, 3.8) is 0 Å². The smallest absolute Gasteiger partial charge is 0.258 e. The third-order valence-corrected chi connectivity index (χ3v) is 3.16. The van der Waals surface area contributed by atoms with Gasteiger partial charge in [-0.1, -0.05) is 31.4 Å². The summed E-state index contributed by atoms with van der Waals surface area (Å²) in [6.45, 7) is 2.13. The molecule has 0 unspecified atom stereocenters. The monoisotopic (exact) mass is 260 g/mol. The Hall–Kier alpha value is -0.810. The van der Waals surface area contributed by atoms with E-state index >= 15 is 0 Å². The van der Waals surface area contributed by atoms with E-state index in [0.717, 1.165) is 25.0 Å². The van der Waals surface area contributed by atoms with E-state index in [4.69, 9.17) is 11.6 Å². The van der Waals surface area contributed by atoms with Crippen LogP contribution >= 0.6 is 23.4 Å². The largest absolute Gasteiger partial charge is 0.275 e. The molecule has 0 aliphatic heterocycles. The number of hydrogen-bond donors (Lipinski definition) is 0. The van der Waals surface area contributed by atoms with Crippen molar-refractivity contribution in [3.8, 4) is 0 Å². The summed E-state index contributed by atoms with van der Waals surface area (Å²) in [5.41, 5.74) is -0.00186. The number of rotatable bonds is 6. The van der Waals surface area contributed by atoms with Crippen LogP contribution in [-0.4, -0.2) is 15.7 Å². The highest BCUT2D eigenvalue weighted by Gasteiger charge is 2.10. The first-order valence-electron chi connectivity index (χ1n) is 5.08. The molecule has 88 valence electrons. The van der Waals surface area contributed by atoms with Gasteiger partial charge in [0.15, 0.2) is 0 Å². The second-order valence-electron chi connectivity index (χ2n) is 3.30. The van der Waals surface area contributed by atoms with E-state index in [2.05, 4.69) is 11.9 Å². The fraction of sp³-hybridized carbons (Fsp3) is 0.500. The first-order chi connectivity index (χ1) is 7.63. The normalized spacial score (nSPS) is 10.4. The lowest BCUT2D eigenvalue weighted by Gasteiger charge is -2.01. The van der Waals surface area contributed by atoms with Crippen LogP contribution < -0.4 is 0 Å². The molecule has 0 radical (unpaired) electrons. The van der Waals surface area contributed by atoms with Crippen LogP contribution in [0.25, 0.3) is 0 Å². The molecule has 4 nitrogen and oxygen atoms in total. The summed E-state index contributed by atoms with van der Waals surface area (Å²) < 4.78 is 0. The van der Waals surface area contributed by atoms with Crippen LogP contribution in [0.5, 0.6) is 0 Å². The van der Waals surface area contributed by atoms with Crippen molar-refractivity contribution >= 4 is 29.1 Å². The van der Waals surface area contributed by atoms with Crippen LogP contribution in [0.1, 0.15) is 26.2 Å². The number of halogens is 1. The molecule has 0 atom stereocenters. The minimum absolute atomic E-state index is 0.00186. The number of hydrogen-bond acceptors (Lipinski definition) is 4. The highest BCUT2D eigenvalue weighted by Crippen LogP contribution is 2.25. The van der Waals surface area contributed by atoms with Gasteiger partial charge in [-0.05, 0) is 12.2 Å². The van der Waals surface area contributed by atoms with Gasteiger partial charge in [-0.15, -0.1) is 11.8 Å². The number of pyridine rings is 1. The SMILES string of the molecule is CCCCCSc1cc([N+](=O)[O-])cc(Cl)n1. The first kappa shape index (κ1) is 13.3. The van der Waals surface area contributed by atoms with Gasteiger partial charge in [0.05, 0.1) is 11.0 Å². The molecular weight excluding hydrogens is 248 g/mol. The van der Waals surface area contributed by atoms with Crippen LogP contribution in [-0.2, 0) is 0 Å². The van der Waals surface area contributed by atoms with Crippen molar-refractivity contribution in [2.24, 2.45) is 0 Å². The van der Waals surface area contributed by atoms with E-state index < -0.39 is 4.92 Å². The number of nitro groups is 1. The van der Waals surface area contributed by atoms with Gasteiger partial charge < -0.3 is 0 Å². The number of aromatic nitrogens is 1. The van der Waals surface area contributed by atoms with Crippen LogP contribution in [0.15, 0.2) is 17.2 Å². The quantitative estimate of drug-likeness (QED) is 0.256. The molecule has 0 aliphatic carbocycles. The lowest BCUT2D eigenvalue weighted by Crippen LogP contribution is -1.91. The molecule has 0 amide bonds. The molecule has 1 aromatic heterocycles. The third kappa shape index (κ3) is 4.37. The molecule has 0 spiro atoms. The van der Waals surface area contributed by atoms with E-state index in [1.54, 1.807) is 0 Å². The zero-order valence-electron chi connectivity index (χ0n) is 8.98. The molecular formula is C10H13ClN2O2S. The average molecular weight is 261 g/mol. The zero-order valence-corrected chi connectivity index (χ0v) is 10.6. The van der Waals surface area contributed by atoms with E-state index in [1.165, 1.54) is 23.9 Å². The topological polar surface area (TPSA) is 56.0 Å². The van der Waals surface area contributed by atoms with Crippen LogP contribution in [0.4, 0.5) is 5.69 Å². The third-order valence-electron chi connectivity index (χ3n) is 1.96. The summed E-state index contributed by atoms with van der Waals surface area (Å²) in [7, 11) is 0. The minimum atomic E-state index is -0.455. The highest BCUT2D eigenvalue weighted by molar-refractivity contribution is 7.99. The van der Waals surface area contributed by atoms with Gasteiger partial charge >= 0.3 is 0 Å². The summed E-state index contributed by atoms with van der Waals surface area (Å²) in [5, 5.41) is 11.4. The van der Waals surface area contributed by atoms with Crippen LogP contribution in [0, 0.1) is 10.1 Å². The standard InChI is InChI=1S/C10H13ClN2O2S/c1-2-3-4-5-16-10-7-8(13(14)15)6-9(11)12-10/h6-7H,2-5H2,1H3. The summed E-state index contributed by atoms with van der Waals surface area (Å²) in [4.78, 5) is 14.2. The number of thioether (sulfide) groups is 1. The molecule has 1 aromatic rings. The van der Waals surface area contributed by atoms with Crippen molar-refractivity contribution in [1.82, 2.24) is 4.98 Å². The lowest BCUT2D eigenvalue weighted by molar-refractivity contribution is -0.385. The minimum Gasteiger partial charge on any atom is -0.258 e. The highest BCUT2D eigenvalue weighted by atomic mass is 35.5. The Morgan fingerprint density at radius 3 is 2.88 bits per heavy atom. The van der Waals surface area contributed by atoms with E-state index in [0.29, 0.717) is 5.03 Å². The van der Waals surface area contributed by atoms with Gasteiger partial charge in [0.1, 0.15) is 10.2 Å². The molecule has 16 heavy (non-hydrogen) atoms. The Labute approximate surface area is 104 Å². The second kappa shape index (κ2) is 6.70. The maximum atomic E-state index is 10.6. The van der Waals surface area contributed by atoms with Gasteiger partial charge in [0.2, 0.25) is 0 Å². The fourth-order valence-electron chi connectivity index (χ4n) is 1.17. The Morgan fingerprint density at radius 1 is 1.50 bits per heavy atom. The molecule has 0 aromatic carbocycles. The average Bonchev–Trinajstić information content (AvgIpc) is 2.23. The van der Waals surface area contributed by atoms with Crippen molar-refractivity contribution < 1.29 is 4.92 Å². The summed E-state index contributed by atoms with van der Waals surface area (Å²) in [6.07, 6.45) is 3.41. The second-order valence-corrected chi connectivity index (χ2v) is 4.80. The maximum Gasteiger partial charge on any atom is 0.275 e. The summed E-state index contributed by atoms with van der Waals surface area (Å²) in [6, 6.07) is 2.72. The Balaban J connectivity index is 2.62. The molecule has 6 heteroatoms. The van der Waals surface area contributed by atoms with Gasteiger partial charge in [-0.2, -0.15) is 0 Å². The molecule has 0 saturated carbocycles. The predicted molar refractivity (Wildman–Crippen MR) is 66.2 cm³/mol. The Bertz CT molecular complexity index is 374. The van der Waals surface area contributed by atoms with Crippen LogP contribution in [0.2, 0.25) is 5.15 Å².